The molecule has 3 fully saturated rings. The van der Waals surface area contributed by atoms with Gasteiger partial charge in [0.1, 0.15) is 0 Å². The Bertz CT molecular complexity index is 704. The molecule has 28 heavy (non-hydrogen) atoms. The van der Waals surface area contributed by atoms with Crippen LogP contribution in [0.1, 0.15) is 39.5 Å². The highest BCUT2D eigenvalue weighted by atomic mass is 32.2. The van der Waals surface area contributed by atoms with E-state index in [1.807, 2.05) is 23.6 Å². The Balaban J connectivity index is 1.88. The second kappa shape index (κ2) is 8.28. The first-order valence-electron chi connectivity index (χ1n) is 10.3. The molecule has 0 bridgehead atoms. The van der Waals surface area contributed by atoms with Crippen LogP contribution < -0.4 is 0 Å². The summed E-state index contributed by atoms with van der Waals surface area (Å²) in [5.74, 6) is 0.395. The van der Waals surface area contributed by atoms with Crippen LogP contribution in [0.5, 0.6) is 0 Å². The standard InChI is InChI=1S/C19H33N3O5S/c1-15(2)14-17(23)20-7-4-16-19(5-8-20,6-9-22(16)28(3,25)26)18(24)21-10-12-27-13-11-21/h15-16H,4-14H2,1-3H3/t16-,19+/m1/s1. The van der Waals surface area contributed by atoms with Gasteiger partial charge in [0.15, 0.2) is 0 Å². The largest absolute Gasteiger partial charge is 0.378 e. The zero-order valence-corrected chi connectivity index (χ0v) is 18.0. The first-order valence-corrected chi connectivity index (χ1v) is 12.1. The highest BCUT2D eigenvalue weighted by Gasteiger charge is 2.57. The number of fused-ring (bicyclic) bond motifs is 1. The number of ether oxygens (including phenoxy) is 1. The van der Waals surface area contributed by atoms with Gasteiger partial charge in [0.05, 0.1) is 24.9 Å². The molecule has 0 N–H and O–H groups in total. The summed E-state index contributed by atoms with van der Waals surface area (Å²) in [6.45, 7) is 7.53. The van der Waals surface area contributed by atoms with E-state index in [0.717, 1.165) is 0 Å². The van der Waals surface area contributed by atoms with Crippen molar-refractivity contribution in [1.82, 2.24) is 14.1 Å². The Kier molecular flexibility index (Phi) is 6.36. The highest BCUT2D eigenvalue weighted by Crippen LogP contribution is 2.46. The SMILES string of the molecule is CC(C)CC(=O)N1CC[C@H]2N(S(C)(=O)=O)CC[C@@]2(C(=O)N2CCOCC2)CC1. The average Bonchev–Trinajstić information content (AvgIpc) is 2.91. The number of hydrogen-bond donors (Lipinski definition) is 0. The fourth-order valence-electron chi connectivity index (χ4n) is 4.91. The molecule has 8 nitrogen and oxygen atoms in total. The summed E-state index contributed by atoms with van der Waals surface area (Å²) in [6.07, 6.45) is 3.24. The minimum absolute atomic E-state index is 0.0325. The van der Waals surface area contributed by atoms with Gasteiger partial charge in [0, 0.05) is 45.2 Å². The lowest BCUT2D eigenvalue weighted by Gasteiger charge is -2.39. The molecule has 0 radical (unpaired) electrons. The first-order chi connectivity index (χ1) is 13.1. The number of hydrogen-bond acceptors (Lipinski definition) is 5. The number of likely N-dealkylation sites (tertiary alicyclic amines) is 1. The van der Waals surface area contributed by atoms with Gasteiger partial charge in [-0.15, -0.1) is 0 Å². The number of amides is 2. The molecule has 3 rings (SSSR count). The number of sulfonamides is 1. The van der Waals surface area contributed by atoms with Gasteiger partial charge in [-0.1, -0.05) is 13.8 Å². The van der Waals surface area contributed by atoms with Crippen molar-refractivity contribution in [2.45, 2.75) is 45.6 Å². The van der Waals surface area contributed by atoms with Gasteiger partial charge in [0.25, 0.3) is 0 Å². The number of rotatable bonds is 4. The Morgan fingerprint density at radius 3 is 2.29 bits per heavy atom. The van der Waals surface area contributed by atoms with Gasteiger partial charge in [-0.05, 0) is 25.2 Å². The summed E-state index contributed by atoms with van der Waals surface area (Å²) in [6, 6.07) is -0.380. The van der Waals surface area contributed by atoms with Crippen LogP contribution in [-0.2, 0) is 24.3 Å². The van der Waals surface area contributed by atoms with Crippen LogP contribution in [0, 0.1) is 11.3 Å². The van der Waals surface area contributed by atoms with Crippen LogP contribution in [0.15, 0.2) is 0 Å². The summed E-state index contributed by atoms with van der Waals surface area (Å²) < 4.78 is 31.7. The van der Waals surface area contributed by atoms with Crippen molar-refractivity contribution < 1.29 is 22.7 Å². The monoisotopic (exact) mass is 415 g/mol. The molecule has 160 valence electrons. The lowest BCUT2D eigenvalue weighted by molar-refractivity contribution is -0.148. The van der Waals surface area contributed by atoms with Crippen molar-refractivity contribution >= 4 is 21.8 Å². The summed E-state index contributed by atoms with van der Waals surface area (Å²) in [5.41, 5.74) is -0.743. The van der Waals surface area contributed by atoms with Gasteiger partial charge < -0.3 is 14.5 Å². The normalized spacial score (nSPS) is 29.6. The van der Waals surface area contributed by atoms with Crippen LogP contribution in [0.2, 0.25) is 0 Å². The van der Waals surface area contributed by atoms with Crippen LogP contribution in [0.25, 0.3) is 0 Å². The molecular formula is C19H33N3O5S. The van der Waals surface area contributed by atoms with Crippen molar-refractivity contribution in [1.29, 1.82) is 0 Å². The van der Waals surface area contributed by atoms with E-state index in [2.05, 4.69) is 0 Å². The topological polar surface area (TPSA) is 87.2 Å². The molecule has 0 aromatic heterocycles. The van der Waals surface area contributed by atoms with E-state index < -0.39 is 15.4 Å². The third kappa shape index (κ3) is 4.21. The quantitative estimate of drug-likeness (QED) is 0.669. The molecule has 2 atom stereocenters. The molecule has 0 unspecified atom stereocenters. The van der Waals surface area contributed by atoms with E-state index in [4.69, 9.17) is 4.74 Å². The van der Waals surface area contributed by atoms with Crippen molar-refractivity contribution in [3.8, 4) is 0 Å². The lowest BCUT2D eigenvalue weighted by Crippen LogP contribution is -2.54. The van der Waals surface area contributed by atoms with Crippen molar-refractivity contribution in [3.63, 3.8) is 0 Å². The molecule has 3 aliphatic heterocycles. The molecule has 3 heterocycles. The Morgan fingerprint density at radius 2 is 1.68 bits per heavy atom. The second-order valence-electron chi connectivity index (χ2n) is 8.72. The third-order valence-corrected chi connectivity index (χ3v) is 7.64. The fraction of sp³-hybridized carbons (Fsp3) is 0.895. The fourth-order valence-corrected chi connectivity index (χ4v) is 6.10. The van der Waals surface area contributed by atoms with Gasteiger partial charge >= 0.3 is 0 Å². The van der Waals surface area contributed by atoms with Gasteiger partial charge in [-0.2, -0.15) is 4.31 Å². The van der Waals surface area contributed by atoms with Crippen LogP contribution in [0.4, 0.5) is 0 Å². The number of carbonyl (C=O) groups is 2. The molecule has 3 saturated heterocycles. The van der Waals surface area contributed by atoms with E-state index in [1.54, 1.807) is 0 Å². The minimum atomic E-state index is -3.41. The maximum Gasteiger partial charge on any atom is 0.230 e. The summed E-state index contributed by atoms with van der Waals surface area (Å²) >= 11 is 0. The predicted molar refractivity (Wildman–Crippen MR) is 105 cm³/mol. The summed E-state index contributed by atoms with van der Waals surface area (Å²) in [7, 11) is -3.41. The van der Waals surface area contributed by atoms with Crippen molar-refractivity contribution in [2.75, 3.05) is 52.2 Å². The lowest BCUT2D eigenvalue weighted by atomic mass is 9.75. The maximum atomic E-state index is 13.6. The second-order valence-corrected chi connectivity index (χ2v) is 10.7. The first kappa shape index (κ1) is 21.5. The van der Waals surface area contributed by atoms with E-state index in [-0.39, 0.29) is 23.8 Å². The summed E-state index contributed by atoms with van der Waals surface area (Å²) in [5, 5.41) is 0. The van der Waals surface area contributed by atoms with Crippen LogP contribution in [0.3, 0.4) is 0 Å². The van der Waals surface area contributed by atoms with E-state index in [9.17, 15) is 18.0 Å². The van der Waals surface area contributed by atoms with Gasteiger partial charge in [-0.3, -0.25) is 9.59 Å². The zero-order chi connectivity index (χ0) is 20.5. The smallest absolute Gasteiger partial charge is 0.230 e. The number of morpholine rings is 1. The Morgan fingerprint density at radius 1 is 1.04 bits per heavy atom. The predicted octanol–water partition coefficient (Wildman–Crippen LogP) is 0.534. The molecule has 0 aliphatic carbocycles. The Labute approximate surface area is 168 Å². The molecule has 3 aliphatic rings. The van der Waals surface area contributed by atoms with E-state index in [1.165, 1.54) is 10.6 Å². The molecule has 0 saturated carbocycles. The van der Waals surface area contributed by atoms with Gasteiger partial charge in [0.2, 0.25) is 21.8 Å². The van der Waals surface area contributed by atoms with E-state index >= 15 is 0 Å². The average molecular weight is 416 g/mol. The van der Waals surface area contributed by atoms with Crippen LogP contribution in [-0.4, -0.2) is 92.6 Å². The van der Waals surface area contributed by atoms with Crippen LogP contribution >= 0.6 is 0 Å². The number of carbonyl (C=O) groups excluding carboxylic acids is 2. The maximum absolute atomic E-state index is 13.6. The molecule has 2 amide bonds. The highest BCUT2D eigenvalue weighted by molar-refractivity contribution is 7.88. The third-order valence-electron chi connectivity index (χ3n) is 6.35. The molecule has 9 heteroatoms. The minimum Gasteiger partial charge on any atom is -0.378 e. The molecule has 0 spiro atoms. The van der Waals surface area contributed by atoms with Crippen molar-refractivity contribution in [3.05, 3.63) is 0 Å². The Hall–Kier alpha value is -1.19. The molecule has 0 aromatic carbocycles. The summed E-state index contributed by atoms with van der Waals surface area (Å²) in [4.78, 5) is 29.9. The van der Waals surface area contributed by atoms with Gasteiger partial charge in [-0.25, -0.2) is 8.42 Å². The van der Waals surface area contributed by atoms with Crippen molar-refractivity contribution in [2.24, 2.45) is 11.3 Å². The molecular weight excluding hydrogens is 382 g/mol. The zero-order valence-electron chi connectivity index (χ0n) is 17.2. The molecule has 0 aromatic rings. The number of nitrogens with zero attached hydrogens (tertiary/aromatic N) is 3. The van der Waals surface area contributed by atoms with E-state index in [0.29, 0.717) is 71.6 Å².